The molecule has 0 radical (unpaired) electrons. The van der Waals surface area contributed by atoms with Crippen LogP contribution in [-0.4, -0.2) is 222 Å². The van der Waals surface area contributed by atoms with Crippen LogP contribution >= 0.6 is 0 Å². The molecule has 109 heavy (non-hydrogen) atoms. The Hall–Kier alpha value is -9.77. The minimum atomic E-state index is -1.83. The highest BCUT2D eigenvalue weighted by Gasteiger charge is 2.56. The van der Waals surface area contributed by atoms with Gasteiger partial charge < -0.3 is 82.9 Å². The van der Waals surface area contributed by atoms with Crippen LogP contribution in [-0.2, 0) is 104 Å². The van der Waals surface area contributed by atoms with Crippen LogP contribution in [0.5, 0.6) is 5.75 Å². The van der Waals surface area contributed by atoms with E-state index in [1.54, 1.807) is 35.9 Å². The number of likely N-dealkylation sites (tertiary alicyclic amines) is 1. The first-order valence-electron chi connectivity index (χ1n) is 37.1. The van der Waals surface area contributed by atoms with Crippen molar-refractivity contribution in [3.63, 3.8) is 0 Å². The number of ether oxygens (including phenoxy) is 10. The van der Waals surface area contributed by atoms with Gasteiger partial charge in [-0.1, -0.05) is 146 Å². The van der Waals surface area contributed by atoms with E-state index in [0.29, 0.717) is 31.4 Å². The van der Waals surface area contributed by atoms with Gasteiger partial charge in [-0.05, 0) is 70.7 Å². The Bertz CT molecular complexity index is 3800. The Morgan fingerprint density at radius 2 is 1.34 bits per heavy atom. The van der Waals surface area contributed by atoms with Crippen LogP contribution in [0.1, 0.15) is 130 Å². The van der Waals surface area contributed by atoms with Gasteiger partial charge >= 0.3 is 35.9 Å². The number of carbonyl (C=O) groups is 11. The minimum Gasteiger partial charge on any atom is -0.467 e. The number of hydrogen-bond donors (Lipinski definition) is 4. The molecule has 6 amide bonds. The Kier molecular flexibility index (Phi) is 31.8. The van der Waals surface area contributed by atoms with Gasteiger partial charge in [0, 0.05) is 85.4 Å². The standard InChI is InChI=1S/C81H109N7O21/c1-18-40-103-78(97)61(41-53-28-21-20-22-29-53)84-75(94)49(8)70(101-16)62-34-27-39-87(62)66(93)43-64(100-15)68(48(7)19-2)86(12)77(96)67(46(3)4)85-76(95)69(47(5)6)88(13,14)44-54-35-36-63(108-80-74(107-52(11)91)72(106-51(10)90)71(105-50(9)89)73(109-80)79(98)102-17)60(42-54)83-65(92)37-38-82-81(99)104-45-59-57-32-25-23-30-55(57)56-31-24-26-33-58(56)59/h18,20-26,28-33,35-36,42,46-49,59,61-62,64,67-74,80H,1,19,27,34,37-41,43-45H2,2-17H3,(H3-,82,83,84,85,92,94,95,99)/p+1/t48-,49+,61-,62-,64+,67-,68-,69-,70+,71-,72-,73-,74+,80+/m0/s1. The summed E-state index contributed by atoms with van der Waals surface area (Å²) in [4.78, 5) is 155. The molecule has 0 aromatic heterocycles. The van der Waals surface area contributed by atoms with Gasteiger partial charge in [0.2, 0.25) is 36.0 Å². The zero-order valence-corrected chi connectivity index (χ0v) is 65.5. The number of nitrogens with one attached hydrogen (secondary N) is 4. The van der Waals surface area contributed by atoms with E-state index >= 15 is 9.59 Å². The number of carbonyl (C=O) groups excluding carboxylic acids is 11. The van der Waals surface area contributed by atoms with E-state index < -0.39 is 145 Å². The zero-order valence-electron chi connectivity index (χ0n) is 65.5. The number of methoxy groups -OCH3 is 3. The van der Waals surface area contributed by atoms with E-state index in [0.717, 1.165) is 55.7 Å². The van der Waals surface area contributed by atoms with Crippen LogP contribution in [0.3, 0.4) is 0 Å². The van der Waals surface area contributed by atoms with Crippen LogP contribution in [0.25, 0.3) is 11.1 Å². The highest BCUT2D eigenvalue weighted by molar-refractivity contribution is 5.93. The maximum absolute atomic E-state index is 15.3. The number of nitrogens with zero attached hydrogens (tertiary/aromatic N) is 3. The number of fused-ring (bicyclic) bond motifs is 3. The molecular formula is C81H110N7O21+. The number of amides is 6. The molecule has 1 aliphatic carbocycles. The topological polar surface area (TPSA) is 335 Å². The molecule has 4 aromatic rings. The van der Waals surface area contributed by atoms with Crippen molar-refractivity contribution in [1.29, 1.82) is 0 Å². The molecule has 2 saturated heterocycles. The predicted molar refractivity (Wildman–Crippen MR) is 401 cm³/mol. The van der Waals surface area contributed by atoms with Crippen molar-refractivity contribution in [2.75, 3.05) is 74.1 Å². The molecule has 2 fully saturated rings. The van der Waals surface area contributed by atoms with Gasteiger partial charge in [0.1, 0.15) is 37.6 Å². The van der Waals surface area contributed by atoms with Crippen LogP contribution in [0.15, 0.2) is 110 Å². The van der Waals surface area contributed by atoms with Crippen molar-refractivity contribution >= 4 is 71.2 Å². The average molecular weight is 1520 g/mol. The lowest BCUT2D eigenvalue weighted by Gasteiger charge is -2.43. The zero-order chi connectivity index (χ0) is 80.1. The molecule has 28 heteroatoms. The molecule has 0 spiro atoms. The maximum atomic E-state index is 15.3. The summed E-state index contributed by atoms with van der Waals surface area (Å²) in [5, 5.41) is 11.5. The summed E-state index contributed by atoms with van der Waals surface area (Å²) >= 11 is 0. The number of benzene rings is 4. The number of quaternary nitrogens is 1. The molecular weight excluding hydrogens is 1410 g/mol. The first-order valence-corrected chi connectivity index (χ1v) is 37.1. The number of esters is 5. The summed E-state index contributed by atoms with van der Waals surface area (Å²) in [5.41, 5.74) is 5.45. The first-order chi connectivity index (χ1) is 51.8. The molecule has 14 atom stereocenters. The van der Waals surface area contributed by atoms with Crippen LogP contribution < -0.4 is 26.0 Å². The Labute approximate surface area is 638 Å². The number of anilines is 1. The largest absolute Gasteiger partial charge is 0.467 e. The van der Waals surface area contributed by atoms with E-state index in [1.165, 1.54) is 26.4 Å². The van der Waals surface area contributed by atoms with E-state index in [4.69, 9.17) is 47.4 Å². The second-order valence-electron chi connectivity index (χ2n) is 29.3. The summed E-state index contributed by atoms with van der Waals surface area (Å²) in [6.45, 7) is 20.1. The van der Waals surface area contributed by atoms with Gasteiger partial charge in [0.05, 0.1) is 63.5 Å². The summed E-state index contributed by atoms with van der Waals surface area (Å²) in [6.07, 6.45) is -8.25. The fraction of sp³-hybridized carbons (Fsp3) is 0.543. The molecule has 594 valence electrons. The Balaban J connectivity index is 1.10. The molecule has 0 unspecified atom stereocenters. The van der Waals surface area contributed by atoms with Crippen molar-refractivity contribution in [2.45, 2.75) is 193 Å². The minimum absolute atomic E-state index is 0.0101. The average Bonchev–Trinajstić information content (AvgIpc) is 1.72. The summed E-state index contributed by atoms with van der Waals surface area (Å²) in [7, 11) is 9.34. The van der Waals surface area contributed by atoms with Gasteiger partial charge in [0.25, 0.3) is 5.91 Å². The van der Waals surface area contributed by atoms with Crippen molar-refractivity contribution in [3.05, 3.63) is 132 Å². The van der Waals surface area contributed by atoms with Crippen molar-refractivity contribution in [3.8, 4) is 16.9 Å². The van der Waals surface area contributed by atoms with Crippen molar-refractivity contribution in [1.82, 2.24) is 25.8 Å². The Morgan fingerprint density at radius 3 is 1.92 bits per heavy atom. The monoisotopic (exact) mass is 1520 g/mol. The normalized spacial score (nSPS) is 19.7. The van der Waals surface area contributed by atoms with E-state index in [1.807, 2.05) is 135 Å². The fourth-order valence-corrected chi connectivity index (χ4v) is 15.2. The highest BCUT2D eigenvalue weighted by atomic mass is 16.7. The molecule has 0 saturated carbocycles. The second-order valence-corrected chi connectivity index (χ2v) is 29.3. The molecule has 3 aliphatic rings. The number of hydrogen-bond acceptors (Lipinski definition) is 21. The molecule has 7 rings (SSSR count). The molecule has 0 bridgehead atoms. The fourth-order valence-electron chi connectivity index (χ4n) is 15.2. The SMILES string of the molecule is C=CCOC(=O)[C@H](Cc1ccccc1)NC(=O)[C@H](C)[C@@H](OC)[C@@H]1CCCN1C(=O)C[C@@H](OC)[C@H]([C@@H](C)CC)N(C)C(=O)[C@@H](NC(=O)[C@H](C(C)C)[N+](C)(C)Cc1ccc(O[C@@H]2O[C@H](C(=O)OC)[C@@H](OC(C)=O)[C@H](OC(C)=O)[C@H]2OC(C)=O)c(NC(=O)CCNC(=O)OCC2c3ccccc3-c3ccccc32)c1)C(C)C. The third kappa shape index (κ3) is 22.5. The van der Waals surface area contributed by atoms with Gasteiger partial charge in [-0.2, -0.15) is 0 Å². The number of alkyl carbamates (subject to hydrolysis) is 1. The lowest BCUT2D eigenvalue weighted by atomic mass is 9.89. The molecule has 4 N–H and O–H groups in total. The third-order valence-electron chi connectivity index (χ3n) is 20.3. The molecule has 4 aromatic carbocycles. The molecule has 2 heterocycles. The van der Waals surface area contributed by atoms with Crippen LogP contribution in [0, 0.1) is 23.7 Å². The van der Waals surface area contributed by atoms with Gasteiger partial charge in [-0.15, -0.1) is 0 Å². The lowest BCUT2D eigenvalue weighted by molar-refractivity contribution is -0.922. The van der Waals surface area contributed by atoms with Gasteiger partial charge in [0.15, 0.2) is 24.4 Å². The maximum Gasteiger partial charge on any atom is 0.407 e. The van der Waals surface area contributed by atoms with E-state index in [9.17, 15) is 43.2 Å². The van der Waals surface area contributed by atoms with E-state index in [-0.39, 0.29) is 85.1 Å². The summed E-state index contributed by atoms with van der Waals surface area (Å²) in [6, 6.07) is 25.5. The number of rotatable bonds is 37. The van der Waals surface area contributed by atoms with Crippen LogP contribution in [0.4, 0.5) is 10.5 Å². The van der Waals surface area contributed by atoms with Gasteiger partial charge in [-0.3, -0.25) is 38.4 Å². The molecule has 2 aliphatic heterocycles. The third-order valence-corrected chi connectivity index (χ3v) is 20.3. The smallest absolute Gasteiger partial charge is 0.407 e. The van der Waals surface area contributed by atoms with Gasteiger partial charge in [-0.25, -0.2) is 14.4 Å². The van der Waals surface area contributed by atoms with Crippen molar-refractivity contribution < 1.29 is 105 Å². The second kappa shape index (κ2) is 40.1. The summed E-state index contributed by atoms with van der Waals surface area (Å²) < 4.78 is 57.6. The highest BCUT2D eigenvalue weighted by Crippen LogP contribution is 2.45. The summed E-state index contributed by atoms with van der Waals surface area (Å²) in [5.74, 6) is -8.92. The Morgan fingerprint density at radius 1 is 0.725 bits per heavy atom. The number of likely N-dealkylation sites (N-methyl/N-ethyl adjacent to an activating group) is 2. The first kappa shape index (κ1) is 86.5. The van der Waals surface area contributed by atoms with E-state index in [2.05, 4.69) is 27.8 Å². The molecule has 28 nitrogen and oxygen atoms in total. The van der Waals surface area contributed by atoms with Crippen molar-refractivity contribution in [2.24, 2.45) is 23.7 Å². The lowest BCUT2D eigenvalue weighted by Crippen LogP contribution is -2.64. The quantitative estimate of drug-likeness (QED) is 0.0145. The predicted octanol–water partition coefficient (Wildman–Crippen LogP) is 7.74. The van der Waals surface area contributed by atoms with Crippen LogP contribution in [0.2, 0.25) is 0 Å².